The van der Waals surface area contributed by atoms with Crippen LogP contribution < -0.4 is 0 Å². The van der Waals surface area contributed by atoms with Crippen LogP contribution in [0.15, 0.2) is 34.6 Å². The zero-order chi connectivity index (χ0) is 11.4. The van der Waals surface area contributed by atoms with Gasteiger partial charge in [-0.15, -0.1) is 0 Å². The van der Waals surface area contributed by atoms with Crippen molar-refractivity contribution in [1.82, 2.24) is 0 Å². The first-order valence-electron chi connectivity index (χ1n) is 3.78. The number of hydrogen-bond donors (Lipinski definition) is 1. The Kier molecular flexibility index (Phi) is 4.32. The van der Waals surface area contributed by atoms with Crippen LogP contribution >= 0.6 is 23.2 Å². The molecule has 80 valence electrons. The molecule has 15 heavy (non-hydrogen) atoms. The molecule has 0 aliphatic heterocycles. The second-order valence-electron chi connectivity index (χ2n) is 2.49. The lowest BCUT2D eigenvalue weighted by Gasteiger charge is -2.02. The Morgan fingerprint density at radius 1 is 1.33 bits per heavy atom. The highest BCUT2D eigenvalue weighted by Gasteiger charge is 2.10. The van der Waals surface area contributed by atoms with Gasteiger partial charge >= 0.3 is 5.97 Å². The highest BCUT2D eigenvalue weighted by Crippen LogP contribution is 2.27. The Bertz CT molecular complexity index is 423. The van der Waals surface area contributed by atoms with Crippen molar-refractivity contribution < 1.29 is 14.1 Å². The fourth-order valence-corrected chi connectivity index (χ4v) is 2.61. The van der Waals surface area contributed by atoms with Crippen LogP contribution in [0.2, 0.25) is 10.0 Å². The summed E-state index contributed by atoms with van der Waals surface area (Å²) < 4.78 is 11.6. The smallest absolute Gasteiger partial charge is 0.328 e. The molecular formula is C9H6Cl2O3S. The third-order valence-electron chi connectivity index (χ3n) is 1.45. The third kappa shape index (κ3) is 3.34. The second kappa shape index (κ2) is 5.30. The fourth-order valence-electron chi connectivity index (χ4n) is 0.863. The summed E-state index contributed by atoms with van der Waals surface area (Å²) in [7, 11) is -1.65. The van der Waals surface area contributed by atoms with Crippen molar-refractivity contribution in [3.8, 4) is 0 Å². The van der Waals surface area contributed by atoms with Gasteiger partial charge in [0.1, 0.15) is 0 Å². The SMILES string of the molecule is O=C(O)/C=C/S(=O)c1c(Cl)cccc1Cl. The first-order valence-corrected chi connectivity index (χ1v) is 5.75. The monoisotopic (exact) mass is 264 g/mol. The molecule has 1 N–H and O–H groups in total. The van der Waals surface area contributed by atoms with E-state index in [1.165, 1.54) is 12.1 Å². The van der Waals surface area contributed by atoms with Crippen molar-refractivity contribution in [3.63, 3.8) is 0 Å². The van der Waals surface area contributed by atoms with Crippen LogP contribution in [0.4, 0.5) is 0 Å². The minimum atomic E-state index is -1.65. The molecule has 3 nitrogen and oxygen atoms in total. The molecule has 0 radical (unpaired) electrons. The number of carboxylic acid groups (broad SMARTS) is 1. The Morgan fingerprint density at radius 3 is 2.33 bits per heavy atom. The lowest BCUT2D eigenvalue weighted by Crippen LogP contribution is -1.92. The van der Waals surface area contributed by atoms with Crippen molar-refractivity contribution in [2.75, 3.05) is 0 Å². The number of carboxylic acids is 1. The molecule has 0 aromatic heterocycles. The van der Waals surface area contributed by atoms with Crippen LogP contribution in [-0.2, 0) is 15.6 Å². The van der Waals surface area contributed by atoms with Gasteiger partial charge in [0.2, 0.25) is 0 Å². The topological polar surface area (TPSA) is 54.4 Å². The van der Waals surface area contributed by atoms with E-state index in [1.807, 2.05) is 0 Å². The average Bonchev–Trinajstić information content (AvgIpc) is 2.14. The number of rotatable bonds is 3. The van der Waals surface area contributed by atoms with E-state index in [-0.39, 0.29) is 14.9 Å². The van der Waals surface area contributed by atoms with E-state index in [9.17, 15) is 9.00 Å². The van der Waals surface area contributed by atoms with Crippen molar-refractivity contribution in [2.24, 2.45) is 0 Å². The lowest BCUT2D eigenvalue weighted by molar-refractivity contribution is -0.131. The molecule has 1 rings (SSSR count). The second-order valence-corrected chi connectivity index (χ2v) is 4.58. The molecule has 6 heteroatoms. The Hall–Kier alpha value is -0.840. The van der Waals surface area contributed by atoms with Crippen molar-refractivity contribution in [1.29, 1.82) is 0 Å². The van der Waals surface area contributed by atoms with E-state index in [0.29, 0.717) is 0 Å². The van der Waals surface area contributed by atoms with Crippen molar-refractivity contribution >= 4 is 40.0 Å². The van der Waals surface area contributed by atoms with E-state index in [1.54, 1.807) is 6.07 Å². The third-order valence-corrected chi connectivity index (χ3v) is 3.53. The van der Waals surface area contributed by atoms with Crippen LogP contribution in [0.5, 0.6) is 0 Å². The summed E-state index contributed by atoms with van der Waals surface area (Å²) in [5, 5.41) is 9.88. The predicted molar refractivity (Wildman–Crippen MR) is 59.6 cm³/mol. The molecule has 0 aliphatic carbocycles. The molecule has 1 aromatic carbocycles. The average molecular weight is 265 g/mol. The first-order chi connectivity index (χ1) is 7.02. The van der Waals surface area contributed by atoms with Gasteiger partial charge < -0.3 is 5.11 Å². The summed E-state index contributed by atoms with van der Waals surface area (Å²) in [4.78, 5) is 10.4. The van der Waals surface area contributed by atoms with E-state index in [0.717, 1.165) is 11.5 Å². The molecule has 0 bridgehead atoms. The molecule has 0 fully saturated rings. The van der Waals surface area contributed by atoms with E-state index < -0.39 is 16.8 Å². The number of hydrogen-bond acceptors (Lipinski definition) is 2. The Labute approximate surface area is 98.8 Å². The van der Waals surface area contributed by atoms with Crippen LogP contribution in [-0.4, -0.2) is 15.3 Å². The van der Waals surface area contributed by atoms with E-state index >= 15 is 0 Å². The molecule has 0 heterocycles. The largest absolute Gasteiger partial charge is 0.478 e. The Balaban J connectivity index is 3.06. The maximum absolute atomic E-state index is 11.6. The van der Waals surface area contributed by atoms with Gasteiger partial charge in [-0.3, -0.25) is 0 Å². The normalized spacial score (nSPS) is 12.9. The Morgan fingerprint density at radius 2 is 1.87 bits per heavy atom. The molecule has 1 atom stereocenters. The first kappa shape index (κ1) is 12.2. The van der Waals surface area contributed by atoms with Crippen molar-refractivity contribution in [2.45, 2.75) is 4.90 Å². The van der Waals surface area contributed by atoms with Crippen LogP contribution in [0, 0.1) is 0 Å². The summed E-state index contributed by atoms with van der Waals surface area (Å²) in [6.07, 6.45) is 0.787. The maximum Gasteiger partial charge on any atom is 0.328 e. The summed E-state index contributed by atoms with van der Waals surface area (Å²) in [5.41, 5.74) is 0. The molecule has 0 spiro atoms. The molecular weight excluding hydrogens is 259 g/mol. The van der Waals surface area contributed by atoms with Gasteiger partial charge in [0.25, 0.3) is 0 Å². The molecule has 0 saturated heterocycles. The van der Waals surface area contributed by atoms with E-state index in [2.05, 4.69) is 0 Å². The molecule has 0 aliphatic rings. The number of aliphatic carboxylic acids is 1. The number of halogens is 2. The molecule has 0 saturated carbocycles. The summed E-state index contributed by atoms with van der Waals surface area (Å²) >= 11 is 11.6. The summed E-state index contributed by atoms with van der Waals surface area (Å²) in [6, 6.07) is 4.69. The maximum atomic E-state index is 11.6. The van der Waals surface area contributed by atoms with E-state index in [4.69, 9.17) is 28.3 Å². The fraction of sp³-hybridized carbons (Fsp3) is 0. The summed E-state index contributed by atoms with van der Waals surface area (Å²) in [6.45, 7) is 0. The van der Waals surface area contributed by atoms with Crippen molar-refractivity contribution in [3.05, 3.63) is 39.7 Å². The van der Waals surface area contributed by atoms with Gasteiger partial charge in [0.15, 0.2) is 0 Å². The standard InChI is InChI=1S/C9H6Cl2O3S/c10-6-2-1-3-7(11)9(6)15(14)5-4-8(12)13/h1-5H,(H,12,13)/b5-4+. The predicted octanol–water partition coefficient (Wildman–Crippen LogP) is 2.70. The van der Waals surface area contributed by atoms with Gasteiger partial charge in [-0.05, 0) is 12.1 Å². The quantitative estimate of drug-likeness (QED) is 0.855. The number of benzene rings is 1. The zero-order valence-corrected chi connectivity index (χ0v) is 9.64. The lowest BCUT2D eigenvalue weighted by atomic mass is 10.4. The van der Waals surface area contributed by atoms with Crippen LogP contribution in [0.3, 0.4) is 0 Å². The highest BCUT2D eigenvalue weighted by atomic mass is 35.5. The van der Waals surface area contributed by atoms with Gasteiger partial charge in [-0.2, -0.15) is 0 Å². The van der Waals surface area contributed by atoms with Crippen LogP contribution in [0.25, 0.3) is 0 Å². The van der Waals surface area contributed by atoms with Gasteiger partial charge in [-0.25, -0.2) is 9.00 Å². The minimum absolute atomic E-state index is 0.221. The summed E-state index contributed by atoms with van der Waals surface area (Å²) in [5.74, 6) is -1.17. The molecule has 1 aromatic rings. The molecule has 0 amide bonds. The van der Waals surface area contributed by atoms with Gasteiger partial charge in [0, 0.05) is 11.5 Å². The molecule has 1 unspecified atom stereocenters. The number of carbonyl (C=O) groups is 1. The van der Waals surface area contributed by atoms with Gasteiger partial charge in [0.05, 0.1) is 25.7 Å². The van der Waals surface area contributed by atoms with Gasteiger partial charge in [-0.1, -0.05) is 29.3 Å². The zero-order valence-electron chi connectivity index (χ0n) is 7.31. The van der Waals surface area contributed by atoms with Crippen LogP contribution in [0.1, 0.15) is 0 Å². The highest BCUT2D eigenvalue weighted by molar-refractivity contribution is 7.88. The minimum Gasteiger partial charge on any atom is -0.478 e.